The van der Waals surface area contributed by atoms with Crippen LogP contribution in [0.4, 0.5) is 0 Å². The van der Waals surface area contributed by atoms with Gasteiger partial charge in [0, 0.05) is 34.8 Å². The number of amides is 1. The highest BCUT2D eigenvalue weighted by atomic mass is 16.2. The lowest BCUT2D eigenvalue weighted by atomic mass is 10.1. The van der Waals surface area contributed by atoms with Crippen LogP contribution in [-0.4, -0.2) is 31.5 Å². The van der Waals surface area contributed by atoms with Crippen molar-refractivity contribution in [2.45, 2.75) is 6.92 Å². The Morgan fingerprint density at radius 2 is 1.61 bits per heavy atom. The Balaban J connectivity index is 1.45. The van der Waals surface area contributed by atoms with E-state index in [1.165, 1.54) is 0 Å². The van der Waals surface area contributed by atoms with E-state index in [-0.39, 0.29) is 5.82 Å². The third kappa shape index (κ3) is 3.80. The maximum Gasteiger partial charge on any atom is 0.311 e. The number of carbonyl (C=O) groups excluding carboxylic acids is 1. The number of carbonyl (C=O) groups is 1. The lowest BCUT2D eigenvalue weighted by Crippen LogP contribution is -2.19. The minimum atomic E-state index is -0.476. The minimum absolute atomic E-state index is 0.0458. The number of fused-ring (bicyclic) bond motifs is 1. The molecule has 7 nitrogen and oxygen atoms in total. The Morgan fingerprint density at radius 3 is 2.36 bits per heavy atom. The molecule has 1 amide bonds. The van der Waals surface area contributed by atoms with Crippen LogP contribution in [0.3, 0.4) is 0 Å². The Labute approximate surface area is 191 Å². The number of hydrogen-bond donors (Lipinski definition) is 1. The van der Waals surface area contributed by atoms with E-state index in [2.05, 4.69) is 31.2 Å². The lowest BCUT2D eigenvalue weighted by molar-refractivity contribution is 0.0945. The van der Waals surface area contributed by atoms with Crippen molar-refractivity contribution < 1.29 is 4.79 Å². The van der Waals surface area contributed by atoms with Gasteiger partial charge in [0.1, 0.15) is 0 Å². The molecule has 7 heteroatoms. The maximum atomic E-state index is 12.8. The number of rotatable bonds is 5. The first-order chi connectivity index (χ1) is 16.1. The zero-order chi connectivity index (χ0) is 22.8. The van der Waals surface area contributed by atoms with Gasteiger partial charge in [-0.3, -0.25) is 4.79 Å². The molecule has 3 aromatic carbocycles. The largest absolute Gasteiger partial charge is 0.347 e. The van der Waals surface area contributed by atoms with Gasteiger partial charge in [-0.1, -0.05) is 66.7 Å². The molecule has 0 spiro atoms. The fourth-order valence-corrected chi connectivity index (χ4v) is 3.85. The molecule has 0 bridgehead atoms. The van der Waals surface area contributed by atoms with Crippen LogP contribution in [0, 0.1) is 6.92 Å². The van der Waals surface area contributed by atoms with Crippen LogP contribution in [0.1, 0.15) is 21.9 Å². The summed E-state index contributed by atoms with van der Waals surface area (Å²) in [6.45, 7) is 2.03. The van der Waals surface area contributed by atoms with Crippen molar-refractivity contribution in [2.75, 3.05) is 0 Å². The summed E-state index contributed by atoms with van der Waals surface area (Å²) in [5.41, 5.74) is 7.39. The van der Waals surface area contributed by atoms with Crippen LogP contribution >= 0.6 is 0 Å². The van der Waals surface area contributed by atoms with Crippen molar-refractivity contribution >= 4 is 23.0 Å². The number of para-hydroxylation sites is 2. The highest BCUT2D eigenvalue weighted by Gasteiger charge is 2.18. The molecule has 1 N–H and O–H groups in total. The molecule has 0 fully saturated rings. The second-order valence-corrected chi connectivity index (χ2v) is 7.65. The molecule has 0 aliphatic carbocycles. The number of benzene rings is 3. The zero-order valence-electron chi connectivity index (χ0n) is 18.3. The first-order valence-corrected chi connectivity index (χ1v) is 10.6. The van der Waals surface area contributed by atoms with Crippen LogP contribution in [-0.2, 0) is 7.05 Å². The fourth-order valence-electron chi connectivity index (χ4n) is 3.85. The Kier molecular flexibility index (Phi) is 5.28. The van der Waals surface area contributed by atoms with Crippen molar-refractivity contribution in [2.24, 2.45) is 12.1 Å². The predicted molar refractivity (Wildman–Crippen MR) is 130 cm³/mol. The molecule has 0 saturated heterocycles. The smallest absolute Gasteiger partial charge is 0.311 e. The summed E-state index contributed by atoms with van der Waals surface area (Å²) in [5, 5.41) is 9.75. The molecule has 33 heavy (non-hydrogen) atoms. The fraction of sp³-hybridized carbons (Fsp3) is 0.0769. The van der Waals surface area contributed by atoms with E-state index in [1.807, 2.05) is 92.8 Å². The Hall–Kier alpha value is -4.52. The van der Waals surface area contributed by atoms with Gasteiger partial charge in [0.2, 0.25) is 5.82 Å². The molecule has 0 aliphatic rings. The average molecular weight is 435 g/mol. The van der Waals surface area contributed by atoms with Crippen LogP contribution in [0.5, 0.6) is 0 Å². The molecule has 5 rings (SSSR count). The van der Waals surface area contributed by atoms with Gasteiger partial charge in [0.05, 0.1) is 11.9 Å². The highest BCUT2D eigenvalue weighted by molar-refractivity contribution is 6.01. The molecular formula is C26H22N6O. The van der Waals surface area contributed by atoms with E-state index < -0.39 is 5.91 Å². The molecule has 162 valence electrons. The maximum absolute atomic E-state index is 12.8. The third-order valence-corrected chi connectivity index (χ3v) is 5.65. The van der Waals surface area contributed by atoms with Crippen LogP contribution in [0.25, 0.3) is 28.0 Å². The van der Waals surface area contributed by atoms with E-state index >= 15 is 0 Å². The molecule has 0 atom stereocenters. The number of nitrogens with one attached hydrogen (secondary N) is 1. The molecule has 2 heterocycles. The molecule has 5 aromatic rings. The van der Waals surface area contributed by atoms with Gasteiger partial charge in [0.25, 0.3) is 0 Å². The average Bonchev–Trinajstić information content (AvgIpc) is 3.41. The summed E-state index contributed by atoms with van der Waals surface area (Å²) < 4.78 is 3.77. The Morgan fingerprint density at radius 1 is 0.939 bits per heavy atom. The quantitative estimate of drug-likeness (QED) is 0.327. The summed E-state index contributed by atoms with van der Waals surface area (Å²) in [6.07, 6.45) is 1.67. The standard InChI is InChI=1S/C26H22N6O/c1-18-22(21-15-9-10-16-23(21)31(18)2)17-27-29-26(33)24-28-25(19-11-5-3-6-12-19)32(30-24)20-13-7-4-8-14-20/h3-17H,1-2H3,(H,29,33)/b27-17+. The number of hydrogen-bond acceptors (Lipinski definition) is 4. The molecule has 0 aliphatic heterocycles. The summed E-state index contributed by atoms with van der Waals surface area (Å²) in [7, 11) is 2.01. The van der Waals surface area contributed by atoms with Gasteiger partial charge >= 0.3 is 5.91 Å². The van der Waals surface area contributed by atoms with Gasteiger partial charge in [-0.05, 0) is 25.1 Å². The molecular weight excluding hydrogens is 412 g/mol. The number of hydrazone groups is 1. The SMILES string of the molecule is Cc1c(/C=N/NC(=O)c2nc(-c3ccccc3)n(-c3ccccc3)n2)c2ccccc2n1C. The first-order valence-electron chi connectivity index (χ1n) is 10.6. The normalized spacial score (nSPS) is 11.3. The van der Waals surface area contributed by atoms with E-state index in [0.717, 1.165) is 33.4 Å². The molecule has 0 unspecified atom stereocenters. The van der Waals surface area contributed by atoms with E-state index in [1.54, 1.807) is 10.9 Å². The number of nitrogens with zero attached hydrogens (tertiary/aromatic N) is 5. The monoisotopic (exact) mass is 434 g/mol. The molecule has 0 radical (unpaired) electrons. The van der Waals surface area contributed by atoms with E-state index in [9.17, 15) is 4.79 Å². The Bertz CT molecular complexity index is 1410. The predicted octanol–water partition coefficient (Wildman–Crippen LogP) is 4.50. The zero-order valence-corrected chi connectivity index (χ0v) is 18.3. The van der Waals surface area contributed by atoms with Crippen molar-refractivity contribution in [1.29, 1.82) is 0 Å². The lowest BCUT2D eigenvalue weighted by Gasteiger charge is -2.05. The summed E-state index contributed by atoms with van der Waals surface area (Å²) in [5.74, 6) is 0.154. The van der Waals surface area contributed by atoms with Crippen molar-refractivity contribution in [1.82, 2.24) is 24.8 Å². The summed E-state index contributed by atoms with van der Waals surface area (Å²) in [4.78, 5) is 17.4. The summed E-state index contributed by atoms with van der Waals surface area (Å²) in [6, 6.07) is 27.4. The van der Waals surface area contributed by atoms with Gasteiger partial charge in [0.15, 0.2) is 5.82 Å². The molecule has 0 saturated carbocycles. The van der Waals surface area contributed by atoms with Crippen LogP contribution < -0.4 is 5.43 Å². The van der Waals surface area contributed by atoms with E-state index in [0.29, 0.717) is 5.82 Å². The number of aryl methyl sites for hydroxylation is 1. The topological polar surface area (TPSA) is 77.1 Å². The van der Waals surface area contributed by atoms with Crippen molar-refractivity contribution in [3.05, 3.63) is 102 Å². The number of aromatic nitrogens is 4. The van der Waals surface area contributed by atoms with Gasteiger partial charge < -0.3 is 4.57 Å². The van der Waals surface area contributed by atoms with Gasteiger partial charge in [-0.15, -0.1) is 5.10 Å². The van der Waals surface area contributed by atoms with Crippen molar-refractivity contribution in [3.63, 3.8) is 0 Å². The van der Waals surface area contributed by atoms with Crippen LogP contribution in [0.15, 0.2) is 90.0 Å². The van der Waals surface area contributed by atoms with Crippen molar-refractivity contribution in [3.8, 4) is 17.1 Å². The second kappa shape index (κ2) is 8.55. The highest BCUT2D eigenvalue weighted by Crippen LogP contribution is 2.23. The third-order valence-electron chi connectivity index (χ3n) is 5.65. The van der Waals surface area contributed by atoms with Gasteiger partial charge in [-0.25, -0.2) is 15.1 Å². The minimum Gasteiger partial charge on any atom is -0.347 e. The molecule has 2 aromatic heterocycles. The summed E-state index contributed by atoms with van der Waals surface area (Å²) >= 11 is 0. The van der Waals surface area contributed by atoms with Gasteiger partial charge in [-0.2, -0.15) is 5.10 Å². The van der Waals surface area contributed by atoms with E-state index in [4.69, 9.17) is 0 Å². The first kappa shape index (κ1) is 20.4. The van der Waals surface area contributed by atoms with Crippen LogP contribution in [0.2, 0.25) is 0 Å². The second-order valence-electron chi connectivity index (χ2n) is 7.65.